The Morgan fingerprint density at radius 2 is 1.96 bits per heavy atom. The van der Waals surface area contributed by atoms with Crippen LogP contribution < -0.4 is 17.0 Å². The van der Waals surface area contributed by atoms with Crippen LogP contribution in [0.2, 0.25) is 0 Å². The van der Waals surface area contributed by atoms with Crippen LogP contribution in [0.1, 0.15) is 39.0 Å². The summed E-state index contributed by atoms with van der Waals surface area (Å²) in [5, 5.41) is 0. The molecule has 1 aromatic heterocycles. The van der Waals surface area contributed by atoms with E-state index in [-0.39, 0.29) is 23.2 Å². The lowest BCUT2D eigenvalue weighted by Crippen LogP contribution is -2.38. The molecular weight excluding hydrogens is 372 g/mol. The van der Waals surface area contributed by atoms with Gasteiger partial charge in [0.1, 0.15) is 11.5 Å². The van der Waals surface area contributed by atoms with Gasteiger partial charge < -0.3 is 5.73 Å². The van der Waals surface area contributed by atoms with Gasteiger partial charge in [-0.05, 0) is 32.6 Å². The van der Waals surface area contributed by atoms with Gasteiger partial charge in [-0.25, -0.2) is 9.79 Å². The van der Waals surface area contributed by atoms with Crippen LogP contribution in [0.5, 0.6) is 0 Å². The Balaban J connectivity index is 1.97. The number of hydrogen-bond donors (Lipinski definition) is 1. The molecule has 26 heavy (non-hydrogen) atoms. The van der Waals surface area contributed by atoms with Crippen LogP contribution in [0.4, 0.5) is 11.5 Å². The average Bonchev–Trinajstić information content (AvgIpc) is 2.61. The van der Waals surface area contributed by atoms with E-state index >= 15 is 0 Å². The normalized spacial score (nSPS) is 18.4. The first-order chi connectivity index (χ1) is 12.2. The van der Waals surface area contributed by atoms with Crippen molar-refractivity contribution >= 4 is 51.2 Å². The minimum Gasteiger partial charge on any atom is -0.391 e. The number of thiocarbonyl (C=S) groups is 1. The predicted octanol–water partition coefficient (Wildman–Crippen LogP) is 1.97. The first-order valence-corrected chi connectivity index (χ1v) is 9.89. The van der Waals surface area contributed by atoms with E-state index in [1.54, 1.807) is 7.05 Å². The van der Waals surface area contributed by atoms with Gasteiger partial charge in [-0.15, -0.1) is 11.8 Å². The fourth-order valence-corrected chi connectivity index (χ4v) is 4.15. The first kappa shape index (κ1) is 20.6. The number of aliphatic imine (C=N–C) groups is 1. The summed E-state index contributed by atoms with van der Waals surface area (Å²) in [7, 11) is 2.93. The first-order valence-electron chi connectivity index (χ1n) is 8.50. The van der Waals surface area contributed by atoms with Crippen LogP contribution in [-0.2, 0) is 18.9 Å². The van der Waals surface area contributed by atoms with Crippen molar-refractivity contribution in [2.24, 2.45) is 25.0 Å². The molecule has 0 saturated carbocycles. The van der Waals surface area contributed by atoms with Crippen molar-refractivity contribution in [2.45, 2.75) is 39.0 Å². The topological polar surface area (TPSA) is 99.5 Å². The van der Waals surface area contributed by atoms with Gasteiger partial charge in [0.05, 0.1) is 5.75 Å². The summed E-state index contributed by atoms with van der Waals surface area (Å²) in [5.74, 6) is 1.03. The van der Waals surface area contributed by atoms with E-state index in [9.17, 15) is 14.4 Å². The molecule has 1 aliphatic heterocycles. The standard InChI is InChI=1S/C17H24N4O3S2/c1-10(6-4-5-7-11-8-13(25)26-9-12(11)22)19-15-14(18)16(23)21(3)17(24)20(15)2/h11H,4-9,18H2,1-3H3/b19-10+. The van der Waals surface area contributed by atoms with Crippen molar-refractivity contribution in [3.05, 3.63) is 20.8 Å². The second-order valence-corrected chi connectivity index (χ2v) is 8.39. The van der Waals surface area contributed by atoms with Crippen molar-refractivity contribution in [3.8, 4) is 0 Å². The third kappa shape index (κ3) is 4.70. The highest BCUT2D eigenvalue weighted by atomic mass is 32.2. The summed E-state index contributed by atoms with van der Waals surface area (Å²) in [5.41, 5.74) is 5.59. The van der Waals surface area contributed by atoms with Crippen LogP contribution in [-0.4, -0.2) is 30.6 Å². The number of rotatable bonds is 6. The molecular formula is C17H24N4O3S2. The molecule has 1 saturated heterocycles. The Labute approximate surface area is 161 Å². The van der Waals surface area contributed by atoms with E-state index < -0.39 is 11.2 Å². The van der Waals surface area contributed by atoms with E-state index in [0.29, 0.717) is 18.6 Å². The molecule has 9 heteroatoms. The number of aromatic nitrogens is 2. The zero-order chi connectivity index (χ0) is 19.4. The maximum Gasteiger partial charge on any atom is 0.332 e. The minimum absolute atomic E-state index is 0.0345. The molecule has 1 unspecified atom stereocenters. The molecule has 0 radical (unpaired) electrons. The van der Waals surface area contributed by atoms with E-state index in [4.69, 9.17) is 18.0 Å². The quantitative estimate of drug-likeness (QED) is 0.448. The molecule has 1 fully saturated rings. The van der Waals surface area contributed by atoms with E-state index in [0.717, 1.165) is 33.7 Å². The third-order valence-corrected chi connectivity index (χ3v) is 5.99. The Morgan fingerprint density at radius 1 is 1.27 bits per heavy atom. The van der Waals surface area contributed by atoms with Gasteiger partial charge in [-0.1, -0.05) is 18.6 Å². The maximum atomic E-state index is 12.0. The van der Waals surface area contributed by atoms with Gasteiger partial charge in [-0.2, -0.15) is 0 Å². The molecule has 0 amide bonds. The lowest BCUT2D eigenvalue weighted by molar-refractivity contribution is -0.120. The highest BCUT2D eigenvalue weighted by Crippen LogP contribution is 2.27. The second-order valence-electron chi connectivity index (χ2n) is 6.56. The molecule has 2 heterocycles. The number of carbonyl (C=O) groups excluding carboxylic acids is 1. The molecule has 1 aromatic rings. The van der Waals surface area contributed by atoms with Gasteiger partial charge >= 0.3 is 5.69 Å². The molecule has 7 nitrogen and oxygen atoms in total. The van der Waals surface area contributed by atoms with E-state index in [2.05, 4.69) is 4.99 Å². The smallest absolute Gasteiger partial charge is 0.332 e. The molecule has 2 N–H and O–H groups in total. The summed E-state index contributed by atoms with van der Waals surface area (Å²) >= 11 is 6.69. The van der Waals surface area contributed by atoms with Crippen molar-refractivity contribution in [2.75, 3.05) is 11.5 Å². The monoisotopic (exact) mass is 396 g/mol. The highest BCUT2D eigenvalue weighted by molar-refractivity contribution is 8.23. The number of carbonyl (C=O) groups is 1. The van der Waals surface area contributed by atoms with Gasteiger partial charge in [0.25, 0.3) is 5.56 Å². The van der Waals surface area contributed by atoms with Crippen LogP contribution in [0.25, 0.3) is 0 Å². The summed E-state index contributed by atoms with van der Waals surface area (Å²) in [6.07, 6.45) is 4.03. The maximum absolute atomic E-state index is 12.0. The number of ketones is 1. The molecule has 1 aliphatic rings. The summed E-state index contributed by atoms with van der Waals surface area (Å²) in [4.78, 5) is 40.2. The van der Waals surface area contributed by atoms with Crippen LogP contribution in [0, 0.1) is 5.92 Å². The van der Waals surface area contributed by atoms with Crippen molar-refractivity contribution in [1.82, 2.24) is 9.13 Å². The second kappa shape index (κ2) is 8.77. The lowest BCUT2D eigenvalue weighted by atomic mass is 9.94. The Bertz CT molecular complexity index is 833. The SMILES string of the molecule is C/C(CCCCC1CC(=S)SCC1=O)=N\c1c(N)c(=O)n(C)c(=O)n1C. The molecule has 0 aliphatic carbocycles. The number of nitrogen functional groups attached to an aromatic ring is 1. The molecule has 142 valence electrons. The lowest BCUT2D eigenvalue weighted by Gasteiger charge is -2.20. The van der Waals surface area contributed by atoms with E-state index in [1.165, 1.54) is 23.4 Å². The predicted molar refractivity (Wildman–Crippen MR) is 111 cm³/mol. The number of unbranched alkanes of at least 4 members (excludes halogenated alkanes) is 1. The van der Waals surface area contributed by atoms with Crippen LogP contribution >= 0.6 is 24.0 Å². The van der Waals surface area contributed by atoms with Crippen molar-refractivity contribution in [1.29, 1.82) is 0 Å². The molecule has 0 spiro atoms. The highest BCUT2D eigenvalue weighted by Gasteiger charge is 2.25. The summed E-state index contributed by atoms with van der Waals surface area (Å²) in [6, 6.07) is 0. The largest absolute Gasteiger partial charge is 0.391 e. The van der Waals surface area contributed by atoms with Crippen molar-refractivity contribution < 1.29 is 4.79 Å². The fourth-order valence-electron chi connectivity index (χ4n) is 2.91. The number of Topliss-reactive ketones (excluding diaryl/α,β-unsaturated/α-hetero) is 1. The molecule has 0 bridgehead atoms. The van der Waals surface area contributed by atoms with Gasteiger partial charge in [0.2, 0.25) is 0 Å². The summed E-state index contributed by atoms with van der Waals surface area (Å²) < 4.78 is 3.17. The summed E-state index contributed by atoms with van der Waals surface area (Å²) in [6.45, 7) is 1.85. The Morgan fingerprint density at radius 3 is 2.65 bits per heavy atom. The number of hydrogen-bond acceptors (Lipinski definition) is 7. The fraction of sp³-hybridized carbons (Fsp3) is 0.588. The number of nitrogens with two attached hydrogens (primary N) is 1. The Kier molecular flexibility index (Phi) is 6.94. The van der Waals surface area contributed by atoms with E-state index in [1.807, 2.05) is 6.92 Å². The minimum atomic E-state index is -0.538. The molecule has 0 aromatic carbocycles. The number of anilines is 1. The van der Waals surface area contributed by atoms with Gasteiger partial charge in [0.15, 0.2) is 5.82 Å². The van der Waals surface area contributed by atoms with Crippen molar-refractivity contribution in [3.63, 3.8) is 0 Å². The van der Waals surface area contributed by atoms with Gasteiger partial charge in [0, 0.05) is 29.9 Å². The van der Waals surface area contributed by atoms with Gasteiger partial charge in [-0.3, -0.25) is 18.7 Å². The zero-order valence-corrected chi connectivity index (χ0v) is 16.9. The average molecular weight is 397 g/mol. The number of nitrogens with zero attached hydrogens (tertiary/aromatic N) is 3. The third-order valence-electron chi connectivity index (χ3n) is 4.55. The Hall–Kier alpha value is -1.74. The zero-order valence-electron chi connectivity index (χ0n) is 15.3. The van der Waals surface area contributed by atoms with Crippen LogP contribution in [0.15, 0.2) is 14.6 Å². The molecule has 2 rings (SSSR count). The number of thioether (sulfide) groups is 1. The van der Waals surface area contributed by atoms with Crippen LogP contribution in [0.3, 0.4) is 0 Å². The molecule has 1 atom stereocenters.